The van der Waals surface area contributed by atoms with Crippen LogP contribution < -0.4 is 16.0 Å². The van der Waals surface area contributed by atoms with E-state index in [0.29, 0.717) is 24.9 Å². The van der Waals surface area contributed by atoms with Crippen LogP contribution in [-0.2, 0) is 24.5 Å². The molecule has 198 valence electrons. The minimum Gasteiger partial charge on any atom is -0.444 e. The number of hydrogen-bond donors (Lipinski definition) is 3. The number of nitriles is 1. The van der Waals surface area contributed by atoms with Gasteiger partial charge >= 0.3 is 6.09 Å². The van der Waals surface area contributed by atoms with Gasteiger partial charge in [0, 0.05) is 18.7 Å². The number of para-hydroxylation sites is 1. The van der Waals surface area contributed by atoms with Gasteiger partial charge in [0.2, 0.25) is 17.7 Å². The first-order chi connectivity index (χ1) is 17.3. The molecule has 1 saturated heterocycles. The molecule has 0 aromatic heterocycles. The van der Waals surface area contributed by atoms with Crippen LogP contribution in [0.1, 0.15) is 65.9 Å². The van der Waals surface area contributed by atoms with Crippen molar-refractivity contribution in [3.63, 3.8) is 0 Å². The third kappa shape index (κ3) is 5.13. The molecule has 2 heterocycles. The molecule has 10 nitrogen and oxygen atoms in total. The van der Waals surface area contributed by atoms with Crippen LogP contribution in [0.5, 0.6) is 0 Å². The Hall–Kier alpha value is -3.61. The highest BCUT2D eigenvalue weighted by Crippen LogP contribution is 2.46. The standard InChI is InChI=1S/C27H35N5O5/c1-16(2)12-20(30-23(35)27(10-11-27)31-24(36)37-25(3,4)5)21(33)32-15-26(13-17(32)14-28)18-8-6-7-9-19(18)29-22(26)34/h6-9,16-17,20H,10-13,15H2,1-5H3,(H,29,34)(H,30,35)(H,31,36)/t17-,20-,26-/m0/s1. The summed E-state index contributed by atoms with van der Waals surface area (Å²) in [5.41, 5.74) is -1.37. The minimum atomic E-state index is -1.12. The summed E-state index contributed by atoms with van der Waals surface area (Å²) in [4.78, 5) is 53.9. The average Bonchev–Trinajstić information content (AvgIpc) is 3.39. The van der Waals surface area contributed by atoms with Crippen molar-refractivity contribution in [2.75, 3.05) is 11.9 Å². The van der Waals surface area contributed by atoms with Gasteiger partial charge in [-0.1, -0.05) is 32.0 Å². The first kappa shape index (κ1) is 26.5. The van der Waals surface area contributed by atoms with Gasteiger partial charge in [0.15, 0.2) is 0 Å². The highest BCUT2D eigenvalue weighted by molar-refractivity contribution is 6.07. The normalized spacial score (nSPS) is 24.2. The SMILES string of the molecule is CC(C)C[C@H](NC(=O)C1(NC(=O)OC(C)(C)C)CC1)C(=O)N1C[C@]2(C[C@H]1C#N)C(=O)Nc1ccccc12. The first-order valence-electron chi connectivity index (χ1n) is 12.7. The number of carbonyl (C=O) groups excluding carboxylic acids is 4. The summed E-state index contributed by atoms with van der Waals surface area (Å²) in [7, 11) is 0. The number of fused-ring (bicyclic) bond motifs is 2. The van der Waals surface area contributed by atoms with Gasteiger partial charge in [-0.05, 0) is 57.6 Å². The molecule has 1 spiro atoms. The Morgan fingerprint density at radius 1 is 1.24 bits per heavy atom. The number of likely N-dealkylation sites (tertiary alicyclic amines) is 1. The molecule has 4 rings (SSSR count). The molecule has 0 radical (unpaired) electrons. The highest BCUT2D eigenvalue weighted by atomic mass is 16.6. The largest absolute Gasteiger partial charge is 0.444 e. The molecular weight excluding hydrogens is 474 g/mol. The van der Waals surface area contributed by atoms with Crippen molar-refractivity contribution in [1.82, 2.24) is 15.5 Å². The highest BCUT2D eigenvalue weighted by Gasteiger charge is 2.57. The fourth-order valence-corrected chi connectivity index (χ4v) is 5.21. The predicted octanol–water partition coefficient (Wildman–Crippen LogP) is 2.59. The van der Waals surface area contributed by atoms with Gasteiger partial charge < -0.3 is 25.6 Å². The van der Waals surface area contributed by atoms with Gasteiger partial charge in [-0.2, -0.15) is 5.26 Å². The summed E-state index contributed by atoms with van der Waals surface area (Å²) in [5.74, 6) is -1.03. The summed E-state index contributed by atoms with van der Waals surface area (Å²) >= 11 is 0. The zero-order valence-corrected chi connectivity index (χ0v) is 22.0. The van der Waals surface area contributed by atoms with Crippen LogP contribution in [0.2, 0.25) is 0 Å². The summed E-state index contributed by atoms with van der Waals surface area (Å²) in [6.07, 6.45) is 0.711. The van der Waals surface area contributed by atoms with Crippen molar-refractivity contribution < 1.29 is 23.9 Å². The Morgan fingerprint density at radius 3 is 2.51 bits per heavy atom. The topological polar surface area (TPSA) is 141 Å². The van der Waals surface area contributed by atoms with E-state index in [2.05, 4.69) is 22.0 Å². The number of nitrogens with one attached hydrogen (secondary N) is 3. The lowest BCUT2D eigenvalue weighted by molar-refractivity contribution is -0.138. The molecule has 1 aromatic carbocycles. The van der Waals surface area contributed by atoms with E-state index in [1.807, 2.05) is 38.1 Å². The summed E-state index contributed by atoms with van der Waals surface area (Å²) in [6.45, 7) is 9.14. The summed E-state index contributed by atoms with van der Waals surface area (Å²) in [5, 5.41) is 18.3. The Kier molecular flexibility index (Phi) is 6.69. The molecule has 1 aromatic rings. The molecule has 0 unspecified atom stereocenters. The van der Waals surface area contributed by atoms with Crippen molar-refractivity contribution in [1.29, 1.82) is 5.26 Å². The number of rotatable bonds is 6. The molecule has 0 bridgehead atoms. The van der Waals surface area contributed by atoms with Crippen molar-refractivity contribution in [2.45, 2.75) is 88.9 Å². The molecule has 4 amide bonds. The summed E-state index contributed by atoms with van der Waals surface area (Å²) < 4.78 is 5.30. The van der Waals surface area contributed by atoms with Gasteiger partial charge in [0.05, 0.1) is 11.5 Å². The number of alkyl carbamates (subject to hydrolysis) is 1. The number of carbonyl (C=O) groups is 4. The Balaban J connectivity index is 1.53. The number of anilines is 1. The third-order valence-corrected chi connectivity index (χ3v) is 7.15. The van der Waals surface area contributed by atoms with E-state index in [1.165, 1.54) is 4.90 Å². The van der Waals surface area contributed by atoms with Crippen LogP contribution in [-0.4, -0.2) is 58.5 Å². The van der Waals surface area contributed by atoms with Crippen LogP contribution in [0.25, 0.3) is 0 Å². The maximum Gasteiger partial charge on any atom is 0.408 e. The molecular formula is C27H35N5O5. The molecule has 1 aliphatic carbocycles. The third-order valence-electron chi connectivity index (χ3n) is 7.15. The van der Waals surface area contributed by atoms with E-state index in [9.17, 15) is 24.4 Å². The van der Waals surface area contributed by atoms with E-state index < -0.39 is 46.5 Å². The van der Waals surface area contributed by atoms with Gasteiger partial charge in [0.25, 0.3) is 0 Å². The van der Waals surface area contributed by atoms with Crippen LogP contribution >= 0.6 is 0 Å². The maximum absolute atomic E-state index is 13.8. The van der Waals surface area contributed by atoms with Crippen LogP contribution in [0.15, 0.2) is 24.3 Å². The number of amides is 4. The van der Waals surface area contributed by atoms with Crippen LogP contribution in [0.4, 0.5) is 10.5 Å². The van der Waals surface area contributed by atoms with E-state index in [0.717, 1.165) is 5.56 Å². The zero-order valence-electron chi connectivity index (χ0n) is 22.0. The van der Waals surface area contributed by atoms with Crippen molar-refractivity contribution in [2.24, 2.45) is 5.92 Å². The molecule has 3 N–H and O–H groups in total. The van der Waals surface area contributed by atoms with Gasteiger partial charge in [-0.25, -0.2) is 4.79 Å². The fourth-order valence-electron chi connectivity index (χ4n) is 5.21. The van der Waals surface area contributed by atoms with E-state index in [1.54, 1.807) is 20.8 Å². The molecule has 10 heteroatoms. The van der Waals surface area contributed by atoms with Gasteiger partial charge in [-0.3, -0.25) is 14.4 Å². The van der Waals surface area contributed by atoms with Crippen molar-refractivity contribution in [3.05, 3.63) is 29.8 Å². The first-order valence-corrected chi connectivity index (χ1v) is 12.7. The number of nitrogens with zero attached hydrogens (tertiary/aromatic N) is 2. The van der Waals surface area contributed by atoms with Crippen LogP contribution in [0.3, 0.4) is 0 Å². The van der Waals surface area contributed by atoms with E-state index >= 15 is 0 Å². The average molecular weight is 510 g/mol. The predicted molar refractivity (Wildman–Crippen MR) is 135 cm³/mol. The number of ether oxygens (including phenoxy) is 1. The van der Waals surface area contributed by atoms with E-state index in [-0.39, 0.29) is 24.8 Å². The second kappa shape index (κ2) is 9.36. The Morgan fingerprint density at radius 2 is 1.92 bits per heavy atom. The lowest BCUT2D eigenvalue weighted by Gasteiger charge is -2.30. The fraction of sp³-hybridized carbons (Fsp3) is 0.593. The lowest BCUT2D eigenvalue weighted by atomic mass is 9.80. The summed E-state index contributed by atoms with van der Waals surface area (Å²) in [6, 6.07) is 7.78. The minimum absolute atomic E-state index is 0.0542. The smallest absolute Gasteiger partial charge is 0.408 e. The monoisotopic (exact) mass is 509 g/mol. The molecule has 2 fully saturated rings. The Labute approximate surface area is 217 Å². The molecule has 1 saturated carbocycles. The second-order valence-electron chi connectivity index (χ2n) is 11.8. The van der Waals surface area contributed by atoms with Crippen molar-refractivity contribution in [3.8, 4) is 6.07 Å². The lowest BCUT2D eigenvalue weighted by Crippen LogP contribution is -2.57. The quantitative estimate of drug-likeness (QED) is 0.538. The molecule has 3 aliphatic rings. The molecule has 3 atom stereocenters. The molecule has 2 aliphatic heterocycles. The number of hydrogen-bond acceptors (Lipinski definition) is 6. The maximum atomic E-state index is 13.8. The Bertz CT molecular complexity index is 1160. The van der Waals surface area contributed by atoms with Crippen molar-refractivity contribution >= 4 is 29.5 Å². The molecule has 37 heavy (non-hydrogen) atoms. The van der Waals surface area contributed by atoms with Gasteiger partial charge in [0.1, 0.15) is 23.2 Å². The van der Waals surface area contributed by atoms with Gasteiger partial charge in [-0.15, -0.1) is 0 Å². The van der Waals surface area contributed by atoms with Crippen LogP contribution in [0, 0.1) is 17.2 Å². The zero-order chi connectivity index (χ0) is 27.2. The van der Waals surface area contributed by atoms with E-state index in [4.69, 9.17) is 4.74 Å². The second-order valence-corrected chi connectivity index (χ2v) is 11.8. The number of benzene rings is 1.